The lowest BCUT2D eigenvalue weighted by Crippen LogP contribution is -3.16. The molecule has 2 atom stereocenters. The molecule has 2 heteroatoms. The zero-order chi connectivity index (χ0) is 17.2. The average molecular weight is 323 g/mol. The molecular weight excluding hydrogens is 280 g/mol. The van der Waals surface area contributed by atoms with Gasteiger partial charge in [0.05, 0.1) is 19.1 Å². The van der Waals surface area contributed by atoms with Gasteiger partial charge in [-0.2, -0.15) is 0 Å². The quantitative estimate of drug-likeness (QED) is 0.364. The molecule has 1 heterocycles. The van der Waals surface area contributed by atoms with Gasteiger partial charge in [-0.15, -0.1) is 0 Å². The molecule has 1 N–H and O–H groups in total. The Morgan fingerprint density at radius 2 is 1.35 bits per heavy atom. The van der Waals surface area contributed by atoms with E-state index in [1.807, 2.05) is 4.90 Å². The third-order valence-electron chi connectivity index (χ3n) is 5.39. The van der Waals surface area contributed by atoms with Crippen LogP contribution in [-0.4, -0.2) is 19.1 Å². The van der Waals surface area contributed by atoms with Gasteiger partial charge in [0.25, 0.3) is 0 Å². The van der Waals surface area contributed by atoms with E-state index in [1.54, 1.807) is 0 Å². The lowest BCUT2D eigenvalue weighted by molar-refractivity contribution is -0.931. The first-order valence-electron chi connectivity index (χ1n) is 10.5. The summed E-state index contributed by atoms with van der Waals surface area (Å²) in [5, 5.41) is 6.25. The molecule has 0 amide bonds. The number of quaternary nitrogens is 1. The molecule has 136 valence electrons. The second-order valence-electron chi connectivity index (χ2n) is 7.32. The highest BCUT2D eigenvalue weighted by atomic mass is 15.2. The van der Waals surface area contributed by atoms with Crippen LogP contribution in [0.15, 0.2) is 0 Å². The summed E-state index contributed by atoms with van der Waals surface area (Å²) in [6.07, 6.45) is 22.0. The van der Waals surface area contributed by atoms with Crippen LogP contribution < -0.4 is 4.90 Å². The molecule has 2 unspecified atom stereocenters. The number of hydrogen-bond donors (Lipinski definition) is 1. The van der Waals surface area contributed by atoms with Crippen LogP contribution in [0.3, 0.4) is 0 Å². The molecule has 23 heavy (non-hydrogen) atoms. The van der Waals surface area contributed by atoms with E-state index in [0.29, 0.717) is 0 Å². The summed E-state index contributed by atoms with van der Waals surface area (Å²) in [4.78, 5) is 1.96. The largest absolute Gasteiger partial charge is 0.512 e. The molecule has 0 spiro atoms. The van der Waals surface area contributed by atoms with Crippen LogP contribution in [0.2, 0.25) is 0 Å². The summed E-state index contributed by atoms with van der Waals surface area (Å²) in [5.41, 5.74) is 0. The highest BCUT2D eigenvalue weighted by molar-refractivity contribution is 4.62. The predicted molar refractivity (Wildman–Crippen MR) is 100 cm³/mol. The number of unbranched alkanes of at least 4 members (excludes halogenated alkanes) is 9. The zero-order valence-corrected chi connectivity index (χ0v) is 16.0. The number of rotatable bonds is 13. The van der Waals surface area contributed by atoms with Crippen molar-refractivity contribution in [3.8, 4) is 0 Å². The molecule has 1 aliphatic heterocycles. The smallest absolute Gasteiger partial charge is 0.0874 e. The monoisotopic (exact) mass is 322 g/mol. The van der Waals surface area contributed by atoms with Gasteiger partial charge in [0.1, 0.15) is 0 Å². The maximum Gasteiger partial charge on any atom is 0.0874 e. The first-order valence-corrected chi connectivity index (χ1v) is 10.5. The van der Waals surface area contributed by atoms with Gasteiger partial charge in [-0.25, -0.2) is 0 Å². The maximum absolute atomic E-state index is 6.25. The minimum Gasteiger partial charge on any atom is -0.512 e. The van der Waals surface area contributed by atoms with E-state index in [-0.39, 0.29) is 0 Å². The van der Waals surface area contributed by atoms with Crippen molar-refractivity contribution < 1.29 is 4.90 Å². The zero-order valence-electron chi connectivity index (χ0n) is 16.0. The Morgan fingerprint density at radius 3 is 1.96 bits per heavy atom. The lowest BCUT2D eigenvalue weighted by atomic mass is 9.97. The summed E-state index contributed by atoms with van der Waals surface area (Å²) in [7, 11) is 0. The van der Waals surface area contributed by atoms with Crippen LogP contribution in [0, 0.1) is 11.8 Å². The van der Waals surface area contributed by atoms with Crippen molar-refractivity contribution in [2.45, 2.75) is 116 Å². The number of piperidine rings is 1. The third kappa shape index (κ3) is 12.5. The molecule has 2 nitrogen and oxygen atoms in total. The number of hydrogen-bond acceptors (Lipinski definition) is 1. The van der Waals surface area contributed by atoms with Crippen LogP contribution in [0.4, 0.5) is 0 Å². The molecule has 0 bridgehead atoms. The third-order valence-corrected chi connectivity index (χ3v) is 5.39. The van der Waals surface area contributed by atoms with Crippen molar-refractivity contribution in [2.24, 2.45) is 0 Å². The van der Waals surface area contributed by atoms with Gasteiger partial charge in [-0.3, -0.25) is 0 Å². The van der Waals surface area contributed by atoms with Gasteiger partial charge in [0.15, 0.2) is 0 Å². The van der Waals surface area contributed by atoms with Gasteiger partial charge in [0.2, 0.25) is 0 Å². The molecule has 0 saturated carbocycles. The van der Waals surface area contributed by atoms with Gasteiger partial charge < -0.3 is 16.7 Å². The van der Waals surface area contributed by atoms with E-state index < -0.39 is 0 Å². The molecule has 0 aromatic rings. The van der Waals surface area contributed by atoms with Crippen LogP contribution in [0.25, 0.3) is 0 Å². The number of nitrogens with zero attached hydrogens (tertiary/aromatic N) is 1. The van der Waals surface area contributed by atoms with E-state index >= 15 is 0 Å². The van der Waals surface area contributed by atoms with Crippen molar-refractivity contribution >= 4 is 0 Å². The number of likely N-dealkylation sites (tertiary alicyclic amines) is 1. The van der Waals surface area contributed by atoms with Crippen molar-refractivity contribution in [1.82, 2.24) is 0 Å². The minimum absolute atomic E-state index is 1.01. The maximum atomic E-state index is 6.25. The van der Waals surface area contributed by atoms with Gasteiger partial charge in [0, 0.05) is 0 Å². The molecule has 0 radical (unpaired) electrons. The Balaban J connectivity index is 0.00000232. The van der Waals surface area contributed by atoms with Crippen LogP contribution in [0.1, 0.15) is 110 Å². The summed E-state index contributed by atoms with van der Waals surface area (Å²) < 4.78 is 0. The Bertz CT molecular complexity index is 249. The van der Waals surface area contributed by atoms with Crippen molar-refractivity contribution in [2.75, 3.05) is 13.1 Å². The molecule has 1 aliphatic rings. The summed E-state index contributed by atoms with van der Waals surface area (Å²) >= 11 is 0. The van der Waals surface area contributed by atoms with Crippen molar-refractivity contribution in [1.29, 1.82) is 5.26 Å². The summed E-state index contributed by atoms with van der Waals surface area (Å²) in [6, 6.07) is 1.01. The standard InChI is InChI=1S/C20H41N.CN/c1-3-5-7-8-9-10-11-12-14-18-21-19-15-13-17-20(21)16-6-4-2;1-2/h20H,3-19H2,1-2H3;/q;-1/p+1. The Labute approximate surface area is 146 Å². The van der Waals surface area contributed by atoms with Crippen LogP contribution >= 0.6 is 0 Å². The molecule has 1 rings (SSSR count). The van der Waals surface area contributed by atoms with Gasteiger partial charge in [-0.1, -0.05) is 65.2 Å². The molecule has 1 saturated heterocycles. The fourth-order valence-electron chi connectivity index (χ4n) is 3.94. The first-order chi connectivity index (χ1) is 11.4. The van der Waals surface area contributed by atoms with E-state index in [2.05, 4.69) is 13.8 Å². The molecule has 0 aromatic carbocycles. The lowest BCUT2D eigenvalue weighted by Gasteiger charge is -2.32. The van der Waals surface area contributed by atoms with E-state index in [4.69, 9.17) is 11.8 Å². The fraction of sp³-hybridized carbons (Fsp3) is 0.952. The highest BCUT2D eigenvalue weighted by Gasteiger charge is 2.24. The first kappa shape index (κ1) is 22.4. The van der Waals surface area contributed by atoms with E-state index in [1.165, 1.54) is 109 Å². The topological polar surface area (TPSA) is 28.2 Å². The van der Waals surface area contributed by atoms with Crippen LogP contribution in [0.5, 0.6) is 0 Å². The minimum atomic E-state index is 1.01. The number of nitrogens with one attached hydrogen (secondary N) is 1. The Hall–Kier alpha value is -0.550. The molecular formula is C21H42N2. The van der Waals surface area contributed by atoms with Crippen molar-refractivity contribution in [3.63, 3.8) is 0 Å². The fourth-order valence-corrected chi connectivity index (χ4v) is 3.94. The Morgan fingerprint density at radius 1 is 0.783 bits per heavy atom. The molecule has 1 fully saturated rings. The second-order valence-corrected chi connectivity index (χ2v) is 7.32. The van der Waals surface area contributed by atoms with Crippen LogP contribution in [-0.2, 0) is 0 Å². The second kappa shape index (κ2) is 17.8. The molecule has 0 aliphatic carbocycles. The molecule has 0 aromatic heterocycles. The average Bonchev–Trinajstić information content (AvgIpc) is 2.61. The van der Waals surface area contributed by atoms with Gasteiger partial charge in [-0.05, 0) is 44.9 Å². The summed E-state index contributed by atoms with van der Waals surface area (Å²) in [5.74, 6) is 0. The Kier molecular flexibility index (Phi) is 17.4. The van der Waals surface area contributed by atoms with E-state index in [9.17, 15) is 0 Å². The normalized spacial score (nSPS) is 20.7. The van der Waals surface area contributed by atoms with Crippen molar-refractivity contribution in [3.05, 3.63) is 6.57 Å². The summed E-state index contributed by atoms with van der Waals surface area (Å²) in [6.45, 7) is 12.3. The van der Waals surface area contributed by atoms with Gasteiger partial charge >= 0.3 is 0 Å². The van der Waals surface area contributed by atoms with E-state index in [0.717, 1.165) is 6.04 Å². The highest BCUT2D eigenvalue weighted by Crippen LogP contribution is 2.11. The predicted octanol–water partition coefficient (Wildman–Crippen LogP) is 5.24. The SMILES string of the molecule is CCCCCCCCCCC[NH+]1CCCCC1CCCC.[C-]#N.